The largest absolute Gasteiger partial charge is 0.339 e. The molecular weight excluding hydrogens is 366 g/mol. The lowest BCUT2D eigenvalue weighted by atomic mass is 9.97. The predicted octanol–water partition coefficient (Wildman–Crippen LogP) is 4.27. The van der Waals surface area contributed by atoms with E-state index in [0.29, 0.717) is 22.8 Å². The zero-order valence-electron chi connectivity index (χ0n) is 14.9. The molecule has 0 spiro atoms. The molecule has 0 bridgehead atoms. The van der Waals surface area contributed by atoms with Crippen LogP contribution in [0.2, 0.25) is 0 Å². The minimum Gasteiger partial charge on any atom is -0.339 e. The van der Waals surface area contributed by atoms with Crippen molar-refractivity contribution in [1.29, 1.82) is 0 Å². The number of carbonyl (C=O) groups excluding carboxylic acids is 1. The second-order valence-corrected chi connectivity index (χ2v) is 9.54. The van der Waals surface area contributed by atoms with Crippen molar-refractivity contribution in [2.45, 2.75) is 36.7 Å². The summed E-state index contributed by atoms with van der Waals surface area (Å²) in [6.45, 7) is 3.26. The van der Waals surface area contributed by atoms with Crippen LogP contribution in [-0.4, -0.2) is 45.5 Å². The molecule has 26 heavy (non-hydrogen) atoms. The molecule has 5 nitrogen and oxygen atoms in total. The molecule has 1 aromatic carbocycles. The van der Waals surface area contributed by atoms with Crippen LogP contribution in [0.15, 0.2) is 28.8 Å². The van der Waals surface area contributed by atoms with E-state index in [1.807, 2.05) is 47.5 Å². The molecule has 0 N–H and O–H groups in total. The van der Waals surface area contributed by atoms with Gasteiger partial charge in [0.25, 0.3) is 5.91 Å². The summed E-state index contributed by atoms with van der Waals surface area (Å²) in [6.07, 6.45) is 3.24. The lowest BCUT2D eigenvalue weighted by Gasteiger charge is -2.31. The van der Waals surface area contributed by atoms with Gasteiger partial charge in [-0.05, 0) is 55.4 Å². The molecule has 2 aliphatic heterocycles. The highest BCUT2D eigenvalue weighted by atomic mass is 32.2. The Morgan fingerprint density at radius 1 is 1.19 bits per heavy atom. The molecule has 0 saturated carbocycles. The summed E-state index contributed by atoms with van der Waals surface area (Å²) in [5.41, 5.74) is 2.08. The molecule has 2 aliphatic rings. The van der Waals surface area contributed by atoms with Gasteiger partial charge < -0.3 is 9.42 Å². The van der Waals surface area contributed by atoms with Crippen LogP contribution >= 0.6 is 23.5 Å². The van der Waals surface area contributed by atoms with E-state index in [1.165, 1.54) is 23.5 Å². The van der Waals surface area contributed by atoms with Gasteiger partial charge in [0.15, 0.2) is 5.82 Å². The topological polar surface area (TPSA) is 59.2 Å². The SMILES string of the molecule is Cc1noc([C@@H]2CCCN(C(=O)c3ccc(C4SCCCS4)cc3)C2)n1. The number of nitrogens with zero attached hydrogens (tertiary/aromatic N) is 3. The van der Waals surface area contributed by atoms with Crippen LogP contribution in [-0.2, 0) is 0 Å². The molecule has 138 valence electrons. The zero-order valence-corrected chi connectivity index (χ0v) is 16.5. The van der Waals surface area contributed by atoms with Gasteiger partial charge in [0, 0.05) is 18.7 Å². The molecule has 2 fully saturated rings. The van der Waals surface area contributed by atoms with Crippen molar-refractivity contribution in [3.63, 3.8) is 0 Å². The van der Waals surface area contributed by atoms with E-state index in [9.17, 15) is 4.79 Å². The van der Waals surface area contributed by atoms with Crippen LogP contribution in [0.1, 0.15) is 57.4 Å². The molecule has 2 aromatic rings. The van der Waals surface area contributed by atoms with E-state index in [1.54, 1.807) is 0 Å². The number of aromatic nitrogens is 2. The lowest BCUT2D eigenvalue weighted by molar-refractivity contribution is 0.0695. The molecule has 0 unspecified atom stereocenters. The summed E-state index contributed by atoms with van der Waals surface area (Å²) < 4.78 is 5.82. The van der Waals surface area contributed by atoms with Crippen molar-refractivity contribution >= 4 is 29.4 Å². The number of hydrogen-bond donors (Lipinski definition) is 0. The number of hydrogen-bond acceptors (Lipinski definition) is 6. The normalized spacial score (nSPS) is 21.7. The lowest BCUT2D eigenvalue weighted by Crippen LogP contribution is -2.39. The minimum atomic E-state index is 0.0986. The van der Waals surface area contributed by atoms with Gasteiger partial charge in [-0.3, -0.25) is 4.79 Å². The van der Waals surface area contributed by atoms with Crippen molar-refractivity contribution in [2.75, 3.05) is 24.6 Å². The zero-order chi connectivity index (χ0) is 17.9. The van der Waals surface area contributed by atoms with Gasteiger partial charge in [0.05, 0.1) is 10.5 Å². The molecule has 1 aromatic heterocycles. The Labute approximate surface area is 162 Å². The Morgan fingerprint density at radius 2 is 1.96 bits per heavy atom. The fourth-order valence-corrected chi connectivity index (χ4v) is 6.38. The molecule has 0 radical (unpaired) electrons. The monoisotopic (exact) mass is 389 g/mol. The molecule has 4 rings (SSSR count). The van der Waals surface area contributed by atoms with Gasteiger partial charge in [-0.25, -0.2) is 0 Å². The van der Waals surface area contributed by atoms with E-state index in [4.69, 9.17) is 4.52 Å². The fourth-order valence-electron chi connectivity index (χ4n) is 3.49. The highest BCUT2D eigenvalue weighted by Gasteiger charge is 2.29. The first kappa shape index (κ1) is 17.9. The average Bonchev–Trinajstić information content (AvgIpc) is 3.15. The molecule has 3 heterocycles. The van der Waals surface area contributed by atoms with Gasteiger partial charge in [-0.15, -0.1) is 23.5 Å². The molecule has 1 atom stereocenters. The van der Waals surface area contributed by atoms with E-state index in [-0.39, 0.29) is 11.8 Å². The van der Waals surface area contributed by atoms with E-state index in [2.05, 4.69) is 22.3 Å². The third kappa shape index (κ3) is 3.93. The van der Waals surface area contributed by atoms with Crippen LogP contribution in [0.5, 0.6) is 0 Å². The number of carbonyl (C=O) groups is 1. The summed E-state index contributed by atoms with van der Waals surface area (Å²) in [7, 11) is 0. The average molecular weight is 390 g/mol. The number of piperidine rings is 1. The Morgan fingerprint density at radius 3 is 2.65 bits per heavy atom. The van der Waals surface area contributed by atoms with Crippen molar-refractivity contribution in [3.8, 4) is 0 Å². The first-order chi connectivity index (χ1) is 12.7. The third-order valence-electron chi connectivity index (χ3n) is 4.86. The van der Waals surface area contributed by atoms with Crippen molar-refractivity contribution in [3.05, 3.63) is 47.1 Å². The minimum absolute atomic E-state index is 0.0986. The Hall–Kier alpha value is -1.47. The van der Waals surface area contributed by atoms with Crippen molar-refractivity contribution < 1.29 is 9.32 Å². The van der Waals surface area contributed by atoms with E-state index in [0.717, 1.165) is 24.9 Å². The van der Waals surface area contributed by atoms with Crippen molar-refractivity contribution in [2.24, 2.45) is 0 Å². The highest BCUT2D eigenvalue weighted by molar-refractivity contribution is 8.16. The maximum atomic E-state index is 12.9. The Balaban J connectivity index is 1.43. The van der Waals surface area contributed by atoms with Gasteiger partial charge in [0.1, 0.15) is 0 Å². The molecule has 0 aliphatic carbocycles. The first-order valence-corrected chi connectivity index (χ1v) is 11.2. The summed E-state index contributed by atoms with van der Waals surface area (Å²) in [5.74, 6) is 3.99. The maximum absolute atomic E-state index is 12.9. The number of rotatable bonds is 3. The van der Waals surface area contributed by atoms with Crippen LogP contribution in [0.3, 0.4) is 0 Å². The predicted molar refractivity (Wildman–Crippen MR) is 106 cm³/mol. The van der Waals surface area contributed by atoms with Crippen LogP contribution in [0.25, 0.3) is 0 Å². The Kier molecular flexibility index (Phi) is 5.55. The van der Waals surface area contributed by atoms with Gasteiger partial charge in [-0.1, -0.05) is 17.3 Å². The molecule has 7 heteroatoms. The Bertz CT molecular complexity index is 756. The molecule has 1 amide bonds. The highest BCUT2D eigenvalue weighted by Crippen LogP contribution is 2.43. The summed E-state index contributed by atoms with van der Waals surface area (Å²) in [5, 5.41) is 3.88. The summed E-state index contributed by atoms with van der Waals surface area (Å²) in [4.78, 5) is 19.2. The molecular formula is C19H23N3O2S2. The maximum Gasteiger partial charge on any atom is 0.253 e. The second kappa shape index (κ2) is 8.05. The number of thioether (sulfide) groups is 2. The van der Waals surface area contributed by atoms with Crippen LogP contribution in [0, 0.1) is 6.92 Å². The van der Waals surface area contributed by atoms with Gasteiger partial charge >= 0.3 is 0 Å². The standard InChI is InChI=1S/C19H23N3O2S2/c1-13-20-17(24-21-13)16-4-2-9-22(12-16)18(23)14-5-7-15(8-6-14)19-25-10-3-11-26-19/h5-8,16,19H,2-4,9-12H2,1H3/t16-/m1/s1. The third-order valence-corrected chi connectivity index (χ3v) is 7.87. The quantitative estimate of drug-likeness (QED) is 0.781. The number of benzene rings is 1. The number of likely N-dealkylation sites (tertiary alicyclic amines) is 1. The fraction of sp³-hybridized carbons (Fsp3) is 0.526. The van der Waals surface area contributed by atoms with E-state index < -0.39 is 0 Å². The summed E-state index contributed by atoms with van der Waals surface area (Å²) in [6, 6.07) is 8.19. The van der Waals surface area contributed by atoms with Crippen LogP contribution < -0.4 is 0 Å². The smallest absolute Gasteiger partial charge is 0.253 e. The van der Waals surface area contributed by atoms with Crippen molar-refractivity contribution in [1.82, 2.24) is 15.0 Å². The van der Waals surface area contributed by atoms with Gasteiger partial charge in [0.2, 0.25) is 5.89 Å². The molecule has 2 saturated heterocycles. The van der Waals surface area contributed by atoms with E-state index >= 15 is 0 Å². The second-order valence-electron chi connectivity index (χ2n) is 6.82. The van der Waals surface area contributed by atoms with Gasteiger partial charge in [-0.2, -0.15) is 4.98 Å². The number of amides is 1. The van der Waals surface area contributed by atoms with Crippen LogP contribution in [0.4, 0.5) is 0 Å². The first-order valence-electron chi connectivity index (χ1n) is 9.13. The number of aryl methyl sites for hydroxylation is 1. The summed E-state index contributed by atoms with van der Waals surface area (Å²) >= 11 is 4.01.